The van der Waals surface area contributed by atoms with Gasteiger partial charge in [-0.15, -0.1) is 12.4 Å². The molecule has 0 aliphatic rings. The van der Waals surface area contributed by atoms with Crippen molar-refractivity contribution >= 4 is 18.3 Å². The van der Waals surface area contributed by atoms with Gasteiger partial charge in [0.05, 0.1) is 13.2 Å². The largest absolute Gasteiger partial charge is 0.383 e. The molecule has 1 rings (SSSR count). The summed E-state index contributed by atoms with van der Waals surface area (Å²) >= 11 is 0. The van der Waals surface area contributed by atoms with Gasteiger partial charge in [0.1, 0.15) is 0 Å². The average molecular weight is 287 g/mol. The molecule has 5 heteroatoms. The lowest BCUT2D eigenvalue weighted by Gasteiger charge is -2.06. The number of nitrogens with one attached hydrogen (secondary N) is 2. The van der Waals surface area contributed by atoms with Crippen LogP contribution in [0.1, 0.15) is 12.0 Å². The highest BCUT2D eigenvalue weighted by atomic mass is 35.5. The van der Waals surface area contributed by atoms with E-state index in [4.69, 9.17) is 4.74 Å². The maximum absolute atomic E-state index is 11.4. The molecule has 0 aliphatic carbocycles. The number of carbonyl (C=O) groups excluding carboxylic acids is 1. The summed E-state index contributed by atoms with van der Waals surface area (Å²) in [6, 6.07) is 10.3. The number of amides is 1. The summed E-state index contributed by atoms with van der Waals surface area (Å²) in [7, 11) is 1.64. The first-order valence-corrected chi connectivity index (χ1v) is 6.33. The molecule has 19 heavy (non-hydrogen) atoms. The Bertz CT molecular complexity index is 333. The number of benzene rings is 1. The van der Waals surface area contributed by atoms with Crippen LogP contribution in [0.2, 0.25) is 0 Å². The maximum atomic E-state index is 11.4. The highest BCUT2D eigenvalue weighted by Gasteiger charge is 1.99. The molecule has 0 heterocycles. The predicted octanol–water partition coefficient (Wildman–Crippen LogP) is 1.39. The van der Waals surface area contributed by atoms with Crippen LogP contribution in [0, 0.1) is 0 Å². The minimum absolute atomic E-state index is 0. The molecule has 1 amide bonds. The van der Waals surface area contributed by atoms with Crippen LogP contribution < -0.4 is 10.6 Å². The van der Waals surface area contributed by atoms with Crippen molar-refractivity contribution in [2.24, 2.45) is 0 Å². The summed E-state index contributed by atoms with van der Waals surface area (Å²) in [4.78, 5) is 11.4. The molecule has 0 bridgehead atoms. The summed E-state index contributed by atoms with van der Waals surface area (Å²) in [5.41, 5.74) is 1.31. The number of carbonyl (C=O) groups is 1. The van der Waals surface area contributed by atoms with Crippen molar-refractivity contribution in [1.82, 2.24) is 10.6 Å². The lowest BCUT2D eigenvalue weighted by atomic mass is 10.1. The number of rotatable bonds is 9. The normalized spacial score (nSPS) is 9.74. The van der Waals surface area contributed by atoms with Gasteiger partial charge in [-0.25, -0.2) is 0 Å². The van der Waals surface area contributed by atoms with E-state index in [0.29, 0.717) is 19.7 Å². The monoisotopic (exact) mass is 286 g/mol. The van der Waals surface area contributed by atoms with Gasteiger partial charge in [0.2, 0.25) is 5.91 Å². The Morgan fingerprint density at radius 1 is 1.21 bits per heavy atom. The molecule has 108 valence electrons. The lowest BCUT2D eigenvalue weighted by molar-refractivity contribution is -0.120. The van der Waals surface area contributed by atoms with Gasteiger partial charge < -0.3 is 15.4 Å². The zero-order chi connectivity index (χ0) is 13.1. The van der Waals surface area contributed by atoms with Gasteiger partial charge in [-0.1, -0.05) is 30.3 Å². The van der Waals surface area contributed by atoms with Crippen LogP contribution in [0.25, 0.3) is 0 Å². The second-order valence-corrected chi connectivity index (χ2v) is 4.11. The van der Waals surface area contributed by atoms with Crippen molar-refractivity contribution < 1.29 is 9.53 Å². The summed E-state index contributed by atoms with van der Waals surface area (Å²) in [5.74, 6) is 0.0409. The molecule has 0 saturated carbocycles. The molecule has 0 unspecified atom stereocenters. The minimum Gasteiger partial charge on any atom is -0.383 e. The fraction of sp³-hybridized carbons (Fsp3) is 0.500. The second kappa shape index (κ2) is 12.0. The van der Waals surface area contributed by atoms with Crippen molar-refractivity contribution in [1.29, 1.82) is 0 Å². The van der Waals surface area contributed by atoms with E-state index in [0.717, 1.165) is 19.4 Å². The summed E-state index contributed by atoms with van der Waals surface area (Å²) < 4.78 is 4.88. The van der Waals surface area contributed by atoms with Crippen molar-refractivity contribution in [2.75, 3.05) is 33.4 Å². The number of ether oxygens (including phenoxy) is 1. The highest BCUT2D eigenvalue weighted by Crippen LogP contribution is 2.01. The lowest BCUT2D eigenvalue weighted by Crippen LogP contribution is -2.35. The standard InChI is InChI=1S/C14H22N2O2.ClH/c1-18-11-10-15-12-14(17)16-9-5-8-13-6-3-2-4-7-13;/h2-4,6-7,15H,5,8-12H2,1H3,(H,16,17);1H. The van der Waals surface area contributed by atoms with E-state index >= 15 is 0 Å². The third kappa shape index (κ3) is 9.47. The number of hydrogen-bond acceptors (Lipinski definition) is 3. The van der Waals surface area contributed by atoms with E-state index < -0.39 is 0 Å². The van der Waals surface area contributed by atoms with E-state index in [1.807, 2.05) is 18.2 Å². The highest BCUT2D eigenvalue weighted by molar-refractivity contribution is 5.85. The molecule has 0 saturated heterocycles. The number of methoxy groups -OCH3 is 1. The Labute approximate surface area is 121 Å². The molecule has 0 aliphatic heterocycles. The third-order valence-electron chi connectivity index (χ3n) is 2.58. The molecule has 0 radical (unpaired) electrons. The average Bonchev–Trinajstić information content (AvgIpc) is 2.41. The number of hydrogen-bond donors (Lipinski definition) is 2. The fourth-order valence-corrected chi connectivity index (χ4v) is 1.60. The van der Waals surface area contributed by atoms with Crippen LogP contribution in [0.5, 0.6) is 0 Å². The topological polar surface area (TPSA) is 50.4 Å². The molecular formula is C14H23ClN2O2. The van der Waals surface area contributed by atoms with Gasteiger partial charge in [-0.2, -0.15) is 0 Å². The predicted molar refractivity (Wildman–Crippen MR) is 79.8 cm³/mol. The van der Waals surface area contributed by atoms with Crippen LogP contribution in [0.4, 0.5) is 0 Å². The van der Waals surface area contributed by atoms with E-state index in [2.05, 4.69) is 22.8 Å². The Kier molecular flexibility index (Phi) is 11.3. The smallest absolute Gasteiger partial charge is 0.233 e. The van der Waals surface area contributed by atoms with Crippen molar-refractivity contribution in [2.45, 2.75) is 12.8 Å². The van der Waals surface area contributed by atoms with E-state index in [1.165, 1.54) is 5.56 Å². The quantitative estimate of drug-likeness (QED) is 0.675. The molecule has 4 nitrogen and oxygen atoms in total. The molecule has 1 aromatic carbocycles. The fourth-order valence-electron chi connectivity index (χ4n) is 1.60. The third-order valence-corrected chi connectivity index (χ3v) is 2.58. The van der Waals surface area contributed by atoms with Crippen LogP contribution >= 0.6 is 12.4 Å². The second-order valence-electron chi connectivity index (χ2n) is 4.11. The van der Waals surface area contributed by atoms with Gasteiger partial charge >= 0.3 is 0 Å². The van der Waals surface area contributed by atoms with Gasteiger partial charge in [-0.3, -0.25) is 4.79 Å². The SMILES string of the molecule is COCCNCC(=O)NCCCc1ccccc1.Cl. The Morgan fingerprint density at radius 2 is 1.95 bits per heavy atom. The summed E-state index contributed by atoms with van der Waals surface area (Å²) in [6.45, 7) is 2.41. The molecule has 0 aromatic heterocycles. The van der Waals surface area contributed by atoms with Gasteiger partial charge in [-0.05, 0) is 18.4 Å². The van der Waals surface area contributed by atoms with Crippen molar-refractivity contribution in [3.63, 3.8) is 0 Å². The molecular weight excluding hydrogens is 264 g/mol. The summed E-state index contributed by atoms with van der Waals surface area (Å²) in [5, 5.41) is 5.90. The van der Waals surface area contributed by atoms with E-state index in [-0.39, 0.29) is 18.3 Å². The molecule has 0 fully saturated rings. The first-order valence-electron chi connectivity index (χ1n) is 6.33. The minimum atomic E-state index is 0. The number of aryl methyl sites for hydroxylation is 1. The molecule has 2 N–H and O–H groups in total. The van der Waals surface area contributed by atoms with Crippen LogP contribution in [-0.4, -0.2) is 39.3 Å². The Balaban J connectivity index is 0.00000324. The zero-order valence-corrected chi connectivity index (χ0v) is 12.2. The Hall–Kier alpha value is -1.10. The van der Waals surface area contributed by atoms with Crippen molar-refractivity contribution in [3.05, 3.63) is 35.9 Å². The summed E-state index contributed by atoms with van der Waals surface area (Å²) in [6.07, 6.45) is 1.96. The van der Waals surface area contributed by atoms with Crippen LogP contribution in [-0.2, 0) is 16.0 Å². The molecule has 0 spiro atoms. The van der Waals surface area contributed by atoms with E-state index in [1.54, 1.807) is 7.11 Å². The first kappa shape index (κ1) is 17.9. The molecule has 0 atom stereocenters. The van der Waals surface area contributed by atoms with Gasteiger partial charge in [0, 0.05) is 20.2 Å². The van der Waals surface area contributed by atoms with Crippen molar-refractivity contribution in [3.8, 4) is 0 Å². The van der Waals surface area contributed by atoms with Gasteiger partial charge in [0.15, 0.2) is 0 Å². The first-order chi connectivity index (χ1) is 8.83. The maximum Gasteiger partial charge on any atom is 0.233 e. The molecule has 1 aromatic rings. The number of halogens is 1. The van der Waals surface area contributed by atoms with Crippen LogP contribution in [0.3, 0.4) is 0 Å². The van der Waals surface area contributed by atoms with E-state index in [9.17, 15) is 4.79 Å². The zero-order valence-electron chi connectivity index (χ0n) is 11.4. The van der Waals surface area contributed by atoms with Gasteiger partial charge in [0.25, 0.3) is 0 Å². The van der Waals surface area contributed by atoms with Crippen LogP contribution in [0.15, 0.2) is 30.3 Å². The Morgan fingerprint density at radius 3 is 2.63 bits per heavy atom.